The Balaban J connectivity index is 2.32. The third-order valence-corrected chi connectivity index (χ3v) is 2.20. The van der Waals surface area contributed by atoms with E-state index in [9.17, 15) is 4.79 Å². The van der Waals surface area contributed by atoms with Gasteiger partial charge in [-0.25, -0.2) is 4.79 Å². The fraction of sp³-hybridized carbons (Fsp3) is 0.600. The summed E-state index contributed by atoms with van der Waals surface area (Å²) < 4.78 is 6.72. The molecule has 90 valence electrons. The van der Waals surface area contributed by atoms with Crippen LogP contribution < -0.4 is 11.5 Å². The van der Waals surface area contributed by atoms with E-state index in [2.05, 4.69) is 5.10 Å². The molecule has 0 aliphatic carbocycles. The predicted molar refractivity (Wildman–Crippen MR) is 60.6 cm³/mol. The number of carbonyl (C=O) groups is 1. The number of aromatic nitrogens is 2. The van der Waals surface area contributed by atoms with Gasteiger partial charge in [-0.05, 0) is 26.7 Å². The summed E-state index contributed by atoms with van der Waals surface area (Å²) in [5.74, 6) is 0. The molecule has 0 radical (unpaired) electrons. The smallest absolute Gasteiger partial charge is 0.405 e. The lowest BCUT2D eigenvalue weighted by atomic mass is 10.0. The first kappa shape index (κ1) is 12.4. The molecule has 1 rings (SSSR count). The second-order valence-corrected chi connectivity index (χ2v) is 4.32. The van der Waals surface area contributed by atoms with Gasteiger partial charge in [0, 0.05) is 12.7 Å². The Morgan fingerprint density at radius 1 is 1.62 bits per heavy atom. The number of nitrogen functional groups attached to an aromatic ring is 1. The van der Waals surface area contributed by atoms with Crippen molar-refractivity contribution >= 4 is 11.8 Å². The van der Waals surface area contributed by atoms with Crippen molar-refractivity contribution in [2.24, 2.45) is 5.73 Å². The highest BCUT2D eigenvalue weighted by molar-refractivity contribution is 5.65. The van der Waals surface area contributed by atoms with Gasteiger partial charge < -0.3 is 16.2 Å². The summed E-state index contributed by atoms with van der Waals surface area (Å²) in [4.78, 5) is 10.6. The van der Waals surface area contributed by atoms with Gasteiger partial charge in [0.1, 0.15) is 5.60 Å². The Hall–Kier alpha value is -1.72. The number of nitrogens with two attached hydrogens (primary N) is 2. The SMILES string of the molecule is CC(C)(CCCn1cc(N)cn1)OC(N)=O. The molecular formula is C10H18N4O2. The molecule has 1 aromatic heterocycles. The molecule has 1 amide bonds. The van der Waals surface area contributed by atoms with E-state index in [0.717, 1.165) is 19.4 Å². The number of nitrogens with zero attached hydrogens (tertiary/aromatic N) is 2. The van der Waals surface area contributed by atoms with E-state index in [1.807, 2.05) is 13.8 Å². The number of amides is 1. The van der Waals surface area contributed by atoms with Crippen LogP contribution in [0.5, 0.6) is 0 Å². The molecule has 6 nitrogen and oxygen atoms in total. The standard InChI is InChI=1S/C10H18N4O2/c1-10(2,16-9(12)15)4-3-5-14-7-8(11)6-13-14/h6-7H,3-5,11H2,1-2H3,(H2,12,15). The fourth-order valence-corrected chi connectivity index (χ4v) is 1.49. The molecule has 0 saturated carbocycles. The van der Waals surface area contributed by atoms with Crippen LogP contribution in [0.3, 0.4) is 0 Å². The van der Waals surface area contributed by atoms with E-state index in [-0.39, 0.29) is 0 Å². The van der Waals surface area contributed by atoms with Crippen molar-refractivity contribution in [3.05, 3.63) is 12.4 Å². The van der Waals surface area contributed by atoms with Crippen LogP contribution in [0.25, 0.3) is 0 Å². The Bertz CT molecular complexity index is 359. The highest BCUT2D eigenvalue weighted by atomic mass is 16.6. The first-order chi connectivity index (χ1) is 7.39. The Morgan fingerprint density at radius 2 is 2.31 bits per heavy atom. The van der Waals surface area contributed by atoms with Crippen LogP contribution in [0.4, 0.5) is 10.5 Å². The van der Waals surface area contributed by atoms with E-state index in [1.54, 1.807) is 17.1 Å². The zero-order chi connectivity index (χ0) is 12.2. The molecule has 6 heteroatoms. The molecule has 0 fully saturated rings. The summed E-state index contributed by atoms with van der Waals surface area (Å²) in [5.41, 5.74) is 10.6. The Morgan fingerprint density at radius 3 is 2.81 bits per heavy atom. The van der Waals surface area contributed by atoms with Crippen LogP contribution in [0.2, 0.25) is 0 Å². The highest BCUT2D eigenvalue weighted by Crippen LogP contribution is 2.17. The number of ether oxygens (including phenoxy) is 1. The number of carbonyl (C=O) groups excluding carboxylic acids is 1. The van der Waals surface area contributed by atoms with E-state index in [1.165, 1.54) is 0 Å². The van der Waals surface area contributed by atoms with Crippen LogP contribution in [0.15, 0.2) is 12.4 Å². The van der Waals surface area contributed by atoms with Gasteiger partial charge in [0.25, 0.3) is 0 Å². The molecule has 0 unspecified atom stereocenters. The van der Waals surface area contributed by atoms with Crippen molar-refractivity contribution in [2.45, 2.75) is 38.8 Å². The van der Waals surface area contributed by atoms with Crippen LogP contribution >= 0.6 is 0 Å². The highest BCUT2D eigenvalue weighted by Gasteiger charge is 2.20. The number of primary amides is 1. The van der Waals surface area contributed by atoms with Crippen molar-refractivity contribution in [3.63, 3.8) is 0 Å². The maximum atomic E-state index is 10.6. The summed E-state index contributed by atoms with van der Waals surface area (Å²) in [7, 11) is 0. The largest absolute Gasteiger partial charge is 0.444 e. The van der Waals surface area contributed by atoms with Crippen molar-refractivity contribution in [3.8, 4) is 0 Å². The monoisotopic (exact) mass is 226 g/mol. The van der Waals surface area contributed by atoms with Crippen LogP contribution in [-0.2, 0) is 11.3 Å². The van der Waals surface area contributed by atoms with Gasteiger partial charge in [0.2, 0.25) is 0 Å². The molecule has 4 N–H and O–H groups in total. The van der Waals surface area contributed by atoms with E-state index < -0.39 is 11.7 Å². The minimum absolute atomic E-state index is 0.537. The first-order valence-corrected chi connectivity index (χ1v) is 5.15. The molecule has 0 bridgehead atoms. The Kier molecular flexibility index (Phi) is 3.76. The maximum absolute atomic E-state index is 10.6. The van der Waals surface area contributed by atoms with Crippen molar-refractivity contribution in [1.82, 2.24) is 9.78 Å². The minimum atomic E-state index is -0.742. The molecule has 0 spiro atoms. The van der Waals surface area contributed by atoms with Crippen molar-refractivity contribution < 1.29 is 9.53 Å². The third kappa shape index (κ3) is 4.20. The predicted octanol–water partition coefficient (Wildman–Crippen LogP) is 1.12. The average molecular weight is 226 g/mol. The van der Waals surface area contributed by atoms with Crippen molar-refractivity contribution in [1.29, 1.82) is 0 Å². The average Bonchev–Trinajstić information content (AvgIpc) is 2.48. The molecule has 0 aliphatic heterocycles. The number of hydrogen-bond donors (Lipinski definition) is 2. The quantitative estimate of drug-likeness (QED) is 0.786. The number of anilines is 1. The number of rotatable bonds is 5. The summed E-state index contributed by atoms with van der Waals surface area (Å²) in [5, 5.41) is 4.06. The number of aryl methyl sites for hydroxylation is 1. The van der Waals surface area contributed by atoms with Gasteiger partial charge in [-0.15, -0.1) is 0 Å². The molecule has 0 aliphatic rings. The molecule has 1 heterocycles. The van der Waals surface area contributed by atoms with Gasteiger partial charge in [0.15, 0.2) is 0 Å². The van der Waals surface area contributed by atoms with Crippen LogP contribution in [0.1, 0.15) is 26.7 Å². The molecule has 0 atom stereocenters. The topological polar surface area (TPSA) is 96.2 Å². The zero-order valence-corrected chi connectivity index (χ0v) is 9.64. The van der Waals surface area contributed by atoms with Crippen LogP contribution in [0, 0.1) is 0 Å². The zero-order valence-electron chi connectivity index (χ0n) is 9.64. The molecular weight excluding hydrogens is 208 g/mol. The van der Waals surface area contributed by atoms with Crippen LogP contribution in [-0.4, -0.2) is 21.5 Å². The molecule has 0 saturated heterocycles. The lowest BCUT2D eigenvalue weighted by molar-refractivity contribution is 0.0367. The van der Waals surface area contributed by atoms with Gasteiger partial charge in [-0.3, -0.25) is 4.68 Å². The lowest BCUT2D eigenvalue weighted by Gasteiger charge is -2.23. The molecule has 0 aromatic carbocycles. The van der Waals surface area contributed by atoms with E-state index in [4.69, 9.17) is 16.2 Å². The molecule has 16 heavy (non-hydrogen) atoms. The van der Waals surface area contributed by atoms with Gasteiger partial charge in [-0.2, -0.15) is 5.10 Å². The second kappa shape index (κ2) is 4.87. The Labute approximate surface area is 94.5 Å². The van der Waals surface area contributed by atoms with E-state index in [0.29, 0.717) is 5.69 Å². The first-order valence-electron chi connectivity index (χ1n) is 5.15. The van der Waals surface area contributed by atoms with Gasteiger partial charge in [0.05, 0.1) is 11.9 Å². The summed E-state index contributed by atoms with van der Waals surface area (Å²) >= 11 is 0. The maximum Gasteiger partial charge on any atom is 0.405 e. The van der Waals surface area contributed by atoms with E-state index >= 15 is 0 Å². The minimum Gasteiger partial charge on any atom is -0.444 e. The fourth-order valence-electron chi connectivity index (χ4n) is 1.49. The van der Waals surface area contributed by atoms with Crippen molar-refractivity contribution in [2.75, 3.05) is 5.73 Å². The lowest BCUT2D eigenvalue weighted by Crippen LogP contribution is -2.31. The summed E-state index contributed by atoms with van der Waals surface area (Å²) in [6.45, 7) is 4.40. The van der Waals surface area contributed by atoms with Gasteiger partial charge in [-0.1, -0.05) is 0 Å². The number of hydrogen-bond acceptors (Lipinski definition) is 4. The third-order valence-electron chi connectivity index (χ3n) is 2.20. The second-order valence-electron chi connectivity index (χ2n) is 4.32. The molecule has 1 aromatic rings. The normalized spacial score (nSPS) is 11.4. The summed E-state index contributed by atoms with van der Waals surface area (Å²) in [6, 6.07) is 0. The van der Waals surface area contributed by atoms with Gasteiger partial charge >= 0.3 is 6.09 Å². The summed E-state index contributed by atoms with van der Waals surface area (Å²) in [6.07, 6.45) is 4.18.